The molecule has 0 fully saturated rings. The molecule has 0 spiro atoms. The Morgan fingerprint density at radius 1 is 1.14 bits per heavy atom. The summed E-state index contributed by atoms with van der Waals surface area (Å²) in [5, 5.41) is 2.63. The van der Waals surface area contributed by atoms with Crippen molar-refractivity contribution < 1.29 is 18.7 Å². The first-order valence-electron chi connectivity index (χ1n) is 6.14. The Hall–Kier alpha value is -2.76. The molecule has 110 valence electrons. The van der Waals surface area contributed by atoms with Crippen molar-refractivity contribution in [3.8, 4) is 11.5 Å². The maximum Gasteiger partial charge on any atom is 0.261 e. The summed E-state index contributed by atoms with van der Waals surface area (Å²) in [6.07, 6.45) is 0. The number of carbonyl (C=O) groups excluding carboxylic acids is 1. The fourth-order valence-electron chi connectivity index (χ4n) is 1.89. The van der Waals surface area contributed by atoms with Gasteiger partial charge in [-0.25, -0.2) is 4.39 Å². The molecule has 6 heteroatoms. The Kier molecular flexibility index (Phi) is 4.27. The minimum absolute atomic E-state index is 0.0424. The molecule has 3 N–H and O–H groups in total. The van der Waals surface area contributed by atoms with Crippen molar-refractivity contribution in [2.24, 2.45) is 0 Å². The average molecular weight is 290 g/mol. The number of ether oxygens (including phenoxy) is 2. The largest absolute Gasteiger partial charge is 0.496 e. The Bertz CT molecular complexity index is 674. The highest BCUT2D eigenvalue weighted by Crippen LogP contribution is 2.26. The Balaban J connectivity index is 2.30. The van der Waals surface area contributed by atoms with Crippen LogP contribution < -0.4 is 20.5 Å². The lowest BCUT2D eigenvalue weighted by molar-refractivity contribution is 0.102. The molecule has 0 bridgehead atoms. The zero-order valence-corrected chi connectivity index (χ0v) is 11.6. The first-order valence-corrected chi connectivity index (χ1v) is 6.14. The van der Waals surface area contributed by atoms with Crippen LogP contribution in [0.25, 0.3) is 0 Å². The standard InChI is InChI=1S/C15H15FN2O3/c1-20-12-5-3-4-11(17)14(12)15(19)18-9-6-7-10(16)13(8-9)21-2/h3-8H,17H2,1-2H3,(H,18,19). The third kappa shape index (κ3) is 3.05. The molecule has 0 radical (unpaired) electrons. The lowest BCUT2D eigenvalue weighted by Gasteiger charge is -2.12. The van der Waals surface area contributed by atoms with Crippen LogP contribution in [0.4, 0.5) is 15.8 Å². The van der Waals surface area contributed by atoms with Crippen LogP contribution in [0.2, 0.25) is 0 Å². The number of nitrogens with two attached hydrogens (primary N) is 1. The van der Waals surface area contributed by atoms with E-state index in [4.69, 9.17) is 15.2 Å². The molecule has 0 heterocycles. The van der Waals surface area contributed by atoms with Crippen molar-refractivity contribution in [2.45, 2.75) is 0 Å². The second-order valence-electron chi connectivity index (χ2n) is 4.23. The molecule has 0 aliphatic carbocycles. The summed E-state index contributed by atoms with van der Waals surface area (Å²) in [4.78, 5) is 12.3. The van der Waals surface area contributed by atoms with Gasteiger partial charge < -0.3 is 20.5 Å². The average Bonchev–Trinajstić information content (AvgIpc) is 2.48. The monoisotopic (exact) mass is 290 g/mol. The van der Waals surface area contributed by atoms with Crippen molar-refractivity contribution in [1.82, 2.24) is 0 Å². The Morgan fingerprint density at radius 3 is 2.52 bits per heavy atom. The number of nitrogen functional groups attached to an aromatic ring is 1. The van der Waals surface area contributed by atoms with Gasteiger partial charge in [0.15, 0.2) is 11.6 Å². The van der Waals surface area contributed by atoms with E-state index >= 15 is 0 Å². The van der Waals surface area contributed by atoms with Crippen LogP contribution in [0.15, 0.2) is 36.4 Å². The highest BCUT2D eigenvalue weighted by molar-refractivity contribution is 6.09. The number of halogens is 1. The minimum atomic E-state index is -0.507. The number of anilines is 2. The van der Waals surface area contributed by atoms with E-state index in [0.717, 1.165) is 0 Å². The van der Waals surface area contributed by atoms with Crippen molar-refractivity contribution in [3.63, 3.8) is 0 Å². The molecular formula is C15H15FN2O3. The van der Waals surface area contributed by atoms with Crippen LogP contribution in [-0.4, -0.2) is 20.1 Å². The highest BCUT2D eigenvalue weighted by Gasteiger charge is 2.16. The predicted molar refractivity (Wildman–Crippen MR) is 78.3 cm³/mol. The van der Waals surface area contributed by atoms with Crippen molar-refractivity contribution in [3.05, 3.63) is 47.8 Å². The van der Waals surface area contributed by atoms with E-state index in [1.165, 1.54) is 32.4 Å². The van der Waals surface area contributed by atoms with E-state index < -0.39 is 11.7 Å². The van der Waals surface area contributed by atoms with Gasteiger partial charge in [-0.3, -0.25) is 4.79 Å². The second kappa shape index (κ2) is 6.13. The lowest BCUT2D eigenvalue weighted by atomic mass is 10.1. The van der Waals surface area contributed by atoms with E-state index in [0.29, 0.717) is 17.1 Å². The SMILES string of the molecule is COc1cc(NC(=O)c2c(N)cccc2OC)ccc1F. The van der Waals surface area contributed by atoms with Crippen LogP contribution in [0, 0.1) is 5.82 Å². The van der Waals surface area contributed by atoms with E-state index in [9.17, 15) is 9.18 Å². The number of nitrogens with one attached hydrogen (secondary N) is 1. The molecular weight excluding hydrogens is 275 g/mol. The molecule has 2 aromatic carbocycles. The van der Waals surface area contributed by atoms with Gasteiger partial charge in [0.25, 0.3) is 5.91 Å². The van der Waals surface area contributed by atoms with Gasteiger partial charge in [0.05, 0.1) is 14.2 Å². The zero-order chi connectivity index (χ0) is 15.4. The summed E-state index contributed by atoms with van der Waals surface area (Å²) >= 11 is 0. The Labute approximate surface area is 121 Å². The molecule has 0 atom stereocenters. The van der Waals surface area contributed by atoms with Gasteiger partial charge in [-0.15, -0.1) is 0 Å². The van der Waals surface area contributed by atoms with E-state index in [-0.39, 0.29) is 11.3 Å². The fraction of sp³-hybridized carbons (Fsp3) is 0.133. The third-order valence-electron chi connectivity index (χ3n) is 2.91. The van der Waals surface area contributed by atoms with Crippen LogP contribution >= 0.6 is 0 Å². The smallest absolute Gasteiger partial charge is 0.261 e. The number of hydrogen-bond donors (Lipinski definition) is 2. The van der Waals surface area contributed by atoms with Gasteiger partial charge in [-0.2, -0.15) is 0 Å². The number of rotatable bonds is 4. The van der Waals surface area contributed by atoms with Crippen LogP contribution in [0.5, 0.6) is 11.5 Å². The van der Waals surface area contributed by atoms with Crippen molar-refractivity contribution in [1.29, 1.82) is 0 Å². The fourth-order valence-corrected chi connectivity index (χ4v) is 1.89. The number of carbonyl (C=O) groups is 1. The molecule has 5 nitrogen and oxygen atoms in total. The second-order valence-corrected chi connectivity index (χ2v) is 4.23. The summed E-state index contributed by atoms with van der Waals surface area (Å²) in [6.45, 7) is 0. The first-order chi connectivity index (χ1) is 10.1. The van der Waals surface area contributed by atoms with Crippen LogP contribution in [0.1, 0.15) is 10.4 Å². The maximum atomic E-state index is 13.3. The molecule has 2 aromatic rings. The van der Waals surface area contributed by atoms with E-state index in [1.807, 2.05) is 0 Å². The number of methoxy groups -OCH3 is 2. The summed E-state index contributed by atoms with van der Waals surface area (Å²) < 4.78 is 23.3. The number of amides is 1. The topological polar surface area (TPSA) is 73.6 Å². The first kappa shape index (κ1) is 14.6. The lowest BCUT2D eigenvalue weighted by Crippen LogP contribution is -2.15. The summed E-state index contributed by atoms with van der Waals surface area (Å²) in [5.41, 5.74) is 6.72. The summed E-state index contributed by atoms with van der Waals surface area (Å²) in [5.74, 6) is -0.548. The Morgan fingerprint density at radius 2 is 1.86 bits per heavy atom. The molecule has 2 rings (SSSR count). The maximum absolute atomic E-state index is 13.3. The van der Waals surface area contributed by atoms with Crippen molar-refractivity contribution in [2.75, 3.05) is 25.3 Å². The molecule has 0 saturated heterocycles. The quantitative estimate of drug-likeness (QED) is 0.849. The van der Waals surface area contributed by atoms with Gasteiger partial charge in [0, 0.05) is 17.4 Å². The highest BCUT2D eigenvalue weighted by atomic mass is 19.1. The molecule has 0 unspecified atom stereocenters. The molecule has 0 aliphatic rings. The summed E-state index contributed by atoms with van der Waals surface area (Å²) in [7, 11) is 2.80. The van der Waals surface area contributed by atoms with E-state index in [1.54, 1.807) is 18.2 Å². The van der Waals surface area contributed by atoms with Gasteiger partial charge in [0.2, 0.25) is 0 Å². The van der Waals surface area contributed by atoms with Gasteiger partial charge in [0.1, 0.15) is 11.3 Å². The minimum Gasteiger partial charge on any atom is -0.496 e. The van der Waals surface area contributed by atoms with Crippen LogP contribution in [0.3, 0.4) is 0 Å². The normalized spacial score (nSPS) is 10.0. The molecule has 21 heavy (non-hydrogen) atoms. The molecule has 0 aliphatic heterocycles. The van der Waals surface area contributed by atoms with Crippen molar-refractivity contribution >= 4 is 17.3 Å². The third-order valence-corrected chi connectivity index (χ3v) is 2.91. The molecule has 0 aromatic heterocycles. The predicted octanol–water partition coefficient (Wildman–Crippen LogP) is 2.68. The molecule has 1 amide bonds. The zero-order valence-electron chi connectivity index (χ0n) is 11.6. The summed E-state index contributed by atoms with van der Waals surface area (Å²) in [6, 6.07) is 8.95. The number of hydrogen-bond acceptors (Lipinski definition) is 4. The number of benzene rings is 2. The van der Waals surface area contributed by atoms with Gasteiger partial charge >= 0.3 is 0 Å². The molecule has 0 saturated carbocycles. The van der Waals surface area contributed by atoms with Gasteiger partial charge in [-0.05, 0) is 24.3 Å². The van der Waals surface area contributed by atoms with Crippen LogP contribution in [-0.2, 0) is 0 Å². The van der Waals surface area contributed by atoms with E-state index in [2.05, 4.69) is 5.32 Å². The van der Waals surface area contributed by atoms with Gasteiger partial charge in [-0.1, -0.05) is 6.07 Å².